The molecule has 4 aliphatic rings. The minimum absolute atomic E-state index is 0.0298. The molecule has 0 aromatic heterocycles. The number of rotatable bonds is 4. The van der Waals surface area contributed by atoms with Gasteiger partial charge in [0.05, 0.1) is 18.6 Å². The van der Waals surface area contributed by atoms with Crippen LogP contribution in [0.15, 0.2) is 53.6 Å². The van der Waals surface area contributed by atoms with Gasteiger partial charge in [-0.2, -0.15) is 0 Å². The molecule has 0 radical (unpaired) electrons. The van der Waals surface area contributed by atoms with Crippen LogP contribution in [0.3, 0.4) is 0 Å². The molecule has 2 saturated carbocycles. The number of ether oxygens (including phenoxy) is 1. The van der Waals surface area contributed by atoms with Crippen LogP contribution in [0.25, 0.3) is 0 Å². The maximum absolute atomic E-state index is 13.0. The maximum Gasteiger partial charge on any atom is 0.310 e. The summed E-state index contributed by atoms with van der Waals surface area (Å²) in [5, 5.41) is 33.9. The fourth-order valence-electron chi connectivity index (χ4n) is 7.45. The average Bonchev–Trinajstić information content (AvgIpc) is 3.18. The molecule has 0 bridgehead atoms. The Morgan fingerprint density at radius 2 is 1.79 bits per heavy atom. The molecule has 3 N–H and O–H groups in total. The lowest BCUT2D eigenvalue weighted by molar-refractivity contribution is -0.163. The summed E-state index contributed by atoms with van der Waals surface area (Å²) >= 11 is 0. The van der Waals surface area contributed by atoms with Crippen LogP contribution < -0.4 is 0 Å². The molecule has 2 fully saturated rings. The number of Topliss-reactive ketones (excluding diaryl/α,β-unsaturated/α-hetero) is 1. The molecule has 7 atom stereocenters. The second kappa shape index (κ2) is 7.36. The van der Waals surface area contributed by atoms with Gasteiger partial charge in [0.15, 0.2) is 11.4 Å². The van der Waals surface area contributed by atoms with Crippen molar-refractivity contribution in [2.24, 2.45) is 29.1 Å². The lowest BCUT2D eigenvalue weighted by Crippen LogP contribution is -2.57. The predicted octanol–water partition coefficient (Wildman–Crippen LogP) is 2.75. The Bertz CT molecular complexity index is 1100. The molecule has 0 heterocycles. The van der Waals surface area contributed by atoms with E-state index in [-0.39, 0.29) is 43.0 Å². The molecular formula is C28H34O6. The van der Waals surface area contributed by atoms with Crippen LogP contribution in [0.2, 0.25) is 0 Å². The molecule has 6 nitrogen and oxygen atoms in total. The van der Waals surface area contributed by atoms with Crippen molar-refractivity contribution in [3.05, 3.63) is 59.2 Å². The first-order valence-electron chi connectivity index (χ1n) is 12.2. The summed E-state index contributed by atoms with van der Waals surface area (Å²) in [5.41, 5.74) is -2.72. The van der Waals surface area contributed by atoms with Crippen LogP contribution >= 0.6 is 0 Å². The molecule has 182 valence electrons. The summed E-state index contributed by atoms with van der Waals surface area (Å²) in [5.74, 6) is -2.26. The molecule has 0 saturated heterocycles. The van der Waals surface area contributed by atoms with Gasteiger partial charge in [-0.15, -0.1) is 0 Å². The topological polar surface area (TPSA) is 104 Å². The zero-order valence-electron chi connectivity index (χ0n) is 20.2. The number of fused-ring (bicyclic) bond motifs is 5. The third kappa shape index (κ3) is 2.91. The average molecular weight is 467 g/mol. The molecule has 34 heavy (non-hydrogen) atoms. The van der Waals surface area contributed by atoms with Crippen LogP contribution in [0.5, 0.6) is 0 Å². The van der Waals surface area contributed by atoms with Gasteiger partial charge in [0.2, 0.25) is 0 Å². The quantitative estimate of drug-likeness (QED) is 0.466. The van der Waals surface area contributed by atoms with Gasteiger partial charge in [0.25, 0.3) is 0 Å². The van der Waals surface area contributed by atoms with Gasteiger partial charge in [-0.05, 0) is 29.0 Å². The van der Waals surface area contributed by atoms with Crippen molar-refractivity contribution in [2.45, 2.75) is 63.8 Å². The van der Waals surface area contributed by atoms with Gasteiger partial charge in [0.1, 0.15) is 5.60 Å². The van der Waals surface area contributed by atoms with Gasteiger partial charge >= 0.3 is 5.97 Å². The summed E-state index contributed by atoms with van der Waals surface area (Å²) in [7, 11) is 0. The molecule has 1 unspecified atom stereocenters. The summed E-state index contributed by atoms with van der Waals surface area (Å²) in [4.78, 5) is 26.0. The number of aliphatic hydroxyl groups is 3. The number of aliphatic hydroxyl groups excluding tert-OH is 1. The van der Waals surface area contributed by atoms with Crippen LogP contribution in [0, 0.1) is 29.1 Å². The Kier molecular flexibility index (Phi) is 5.08. The highest BCUT2D eigenvalue weighted by atomic mass is 16.6. The van der Waals surface area contributed by atoms with Crippen LogP contribution in [0.1, 0.15) is 46.1 Å². The predicted molar refractivity (Wildman–Crippen MR) is 125 cm³/mol. The van der Waals surface area contributed by atoms with Gasteiger partial charge in [-0.1, -0.05) is 70.2 Å². The Morgan fingerprint density at radius 1 is 1.12 bits per heavy atom. The highest BCUT2D eigenvalue weighted by Gasteiger charge is 2.82. The van der Waals surface area contributed by atoms with E-state index in [1.807, 2.05) is 57.2 Å². The largest absolute Gasteiger partial charge is 0.458 e. The second-order valence-corrected chi connectivity index (χ2v) is 11.4. The first kappa shape index (κ1) is 23.5. The molecule has 0 spiro atoms. The molecule has 6 heteroatoms. The highest BCUT2D eigenvalue weighted by molar-refractivity contribution is 5.98. The van der Waals surface area contributed by atoms with E-state index in [4.69, 9.17) is 4.74 Å². The first-order chi connectivity index (χ1) is 15.9. The van der Waals surface area contributed by atoms with E-state index in [9.17, 15) is 24.9 Å². The standard InChI is InChI=1S/C28H34O6/c1-16-10-21-26(32,24(16)31)14-19(15-29)11-20-23-25(3,4)27(23,13-17(2)28(20,21)33)34-22(30)12-18-8-6-5-7-9-18/h5-11,16-17,20,23,29,32-33H,12-15H2,1-4H3/t16?,17-,20+,23-,26-,27+,28-/m1/s1. The van der Waals surface area contributed by atoms with E-state index in [0.29, 0.717) is 17.6 Å². The zero-order valence-corrected chi connectivity index (χ0v) is 20.2. The number of hydrogen-bond acceptors (Lipinski definition) is 6. The zero-order chi connectivity index (χ0) is 24.7. The Labute approximate surface area is 200 Å². The van der Waals surface area contributed by atoms with Crippen molar-refractivity contribution < 1.29 is 29.6 Å². The van der Waals surface area contributed by atoms with Crippen molar-refractivity contribution in [2.75, 3.05) is 6.61 Å². The normalized spacial score (nSPS) is 41.9. The fourth-order valence-corrected chi connectivity index (χ4v) is 7.45. The fraction of sp³-hybridized carbons (Fsp3) is 0.571. The minimum atomic E-state index is -1.82. The van der Waals surface area contributed by atoms with Crippen LogP contribution in [-0.2, 0) is 20.7 Å². The molecule has 0 amide bonds. The van der Waals surface area contributed by atoms with E-state index in [1.54, 1.807) is 13.0 Å². The maximum atomic E-state index is 13.0. The van der Waals surface area contributed by atoms with E-state index < -0.39 is 34.1 Å². The van der Waals surface area contributed by atoms with Crippen molar-refractivity contribution in [1.82, 2.24) is 0 Å². The van der Waals surface area contributed by atoms with Crippen molar-refractivity contribution in [3.63, 3.8) is 0 Å². The Hall–Kier alpha value is -2.28. The van der Waals surface area contributed by atoms with E-state index in [1.165, 1.54) is 0 Å². The molecule has 5 rings (SSSR count). The van der Waals surface area contributed by atoms with E-state index in [0.717, 1.165) is 5.56 Å². The van der Waals surface area contributed by atoms with E-state index >= 15 is 0 Å². The van der Waals surface area contributed by atoms with Gasteiger partial charge in [-0.3, -0.25) is 9.59 Å². The van der Waals surface area contributed by atoms with Gasteiger partial charge in [0, 0.05) is 29.6 Å². The third-order valence-corrected chi connectivity index (χ3v) is 9.22. The van der Waals surface area contributed by atoms with Crippen molar-refractivity contribution >= 4 is 11.8 Å². The lowest BCUT2D eigenvalue weighted by Gasteiger charge is -2.48. The molecule has 1 aromatic carbocycles. The van der Waals surface area contributed by atoms with Gasteiger partial charge < -0.3 is 20.1 Å². The first-order valence-corrected chi connectivity index (χ1v) is 12.2. The van der Waals surface area contributed by atoms with Crippen LogP contribution in [-0.4, -0.2) is 50.5 Å². The SMILES string of the molecule is CC1C=C2[C@](O)(CC(CO)=C[C@H]3[C@@H]4C(C)(C)[C@]4(OC(=O)Cc4ccccc4)C[C@@H](C)[C@]23O)C1=O. The minimum Gasteiger partial charge on any atom is -0.458 e. The summed E-state index contributed by atoms with van der Waals surface area (Å²) in [6, 6.07) is 9.46. The van der Waals surface area contributed by atoms with E-state index in [2.05, 4.69) is 0 Å². The molecule has 0 aliphatic heterocycles. The molecular weight excluding hydrogens is 432 g/mol. The number of hydrogen-bond donors (Lipinski definition) is 3. The summed E-state index contributed by atoms with van der Waals surface area (Å²) in [6.07, 6.45) is 4.12. The summed E-state index contributed by atoms with van der Waals surface area (Å²) in [6.45, 7) is 7.41. The number of carbonyl (C=O) groups is 2. The summed E-state index contributed by atoms with van der Waals surface area (Å²) < 4.78 is 6.23. The highest BCUT2D eigenvalue weighted by Crippen LogP contribution is 2.76. The second-order valence-electron chi connectivity index (χ2n) is 11.4. The third-order valence-electron chi connectivity index (χ3n) is 9.22. The molecule has 1 aromatic rings. The molecule has 4 aliphatic carbocycles. The smallest absolute Gasteiger partial charge is 0.310 e. The monoisotopic (exact) mass is 466 g/mol. The lowest BCUT2D eigenvalue weighted by atomic mass is 9.62. The van der Waals surface area contributed by atoms with Gasteiger partial charge in [-0.25, -0.2) is 0 Å². The Morgan fingerprint density at radius 3 is 2.44 bits per heavy atom. The number of carbonyl (C=O) groups excluding carboxylic acids is 2. The number of ketones is 1. The Balaban J connectivity index is 1.54. The number of esters is 1. The van der Waals surface area contributed by atoms with Crippen LogP contribution in [0.4, 0.5) is 0 Å². The van der Waals surface area contributed by atoms with Crippen molar-refractivity contribution in [1.29, 1.82) is 0 Å². The number of benzene rings is 1. The van der Waals surface area contributed by atoms with Crippen molar-refractivity contribution in [3.8, 4) is 0 Å². The number of allylic oxidation sites excluding steroid dienone is 1.